The van der Waals surface area contributed by atoms with Crippen LogP contribution in [0.3, 0.4) is 0 Å². The van der Waals surface area contributed by atoms with Crippen LogP contribution in [0.15, 0.2) is 36.5 Å². The largest absolute Gasteiger partial charge is 0.503 e. The van der Waals surface area contributed by atoms with Crippen molar-refractivity contribution in [2.75, 3.05) is 20.3 Å². The van der Waals surface area contributed by atoms with Crippen molar-refractivity contribution in [2.24, 2.45) is 5.92 Å². The summed E-state index contributed by atoms with van der Waals surface area (Å²) in [6.45, 7) is 9.36. The van der Waals surface area contributed by atoms with Gasteiger partial charge in [-0.1, -0.05) is 52.0 Å². The standard InChI is InChI=1S/C24H32N2O5/c1-15(12-16-6-8-17(9-7-16)24(2,3)4)23-30-13-18(14-31-23)26-22(28)20-21(27)19(29-5)10-11-25-20/h6-11,15,18,23,27H,12-14H2,1-5H3,(H,26,28)/t15?,18-,23-. The van der Waals surface area contributed by atoms with Crippen molar-refractivity contribution in [1.82, 2.24) is 10.3 Å². The van der Waals surface area contributed by atoms with Crippen LogP contribution in [0.4, 0.5) is 0 Å². The number of pyridine rings is 1. The van der Waals surface area contributed by atoms with E-state index in [0.29, 0.717) is 13.2 Å². The average molecular weight is 429 g/mol. The van der Waals surface area contributed by atoms with Gasteiger partial charge in [0.25, 0.3) is 5.91 Å². The molecule has 1 aromatic heterocycles. The number of amides is 1. The second-order valence-corrected chi connectivity index (χ2v) is 9.04. The van der Waals surface area contributed by atoms with E-state index in [-0.39, 0.29) is 40.9 Å². The van der Waals surface area contributed by atoms with Crippen LogP contribution in [0, 0.1) is 5.92 Å². The summed E-state index contributed by atoms with van der Waals surface area (Å²) in [5.41, 5.74) is 2.59. The van der Waals surface area contributed by atoms with Gasteiger partial charge in [0.05, 0.1) is 26.4 Å². The molecule has 0 spiro atoms. The van der Waals surface area contributed by atoms with Crippen molar-refractivity contribution in [2.45, 2.75) is 51.9 Å². The summed E-state index contributed by atoms with van der Waals surface area (Å²) in [7, 11) is 1.42. The maximum absolute atomic E-state index is 12.5. The molecular weight excluding hydrogens is 396 g/mol. The molecule has 2 heterocycles. The topological polar surface area (TPSA) is 89.9 Å². The van der Waals surface area contributed by atoms with Crippen molar-refractivity contribution in [1.29, 1.82) is 0 Å². The Labute approximate surface area is 183 Å². The molecule has 7 nitrogen and oxygen atoms in total. The van der Waals surface area contributed by atoms with Crippen molar-refractivity contribution in [3.8, 4) is 11.5 Å². The average Bonchev–Trinajstić information content (AvgIpc) is 2.74. The van der Waals surface area contributed by atoms with Crippen LogP contribution >= 0.6 is 0 Å². The van der Waals surface area contributed by atoms with Crippen LogP contribution in [-0.4, -0.2) is 48.7 Å². The van der Waals surface area contributed by atoms with Gasteiger partial charge >= 0.3 is 0 Å². The molecule has 1 saturated heterocycles. The fourth-order valence-corrected chi connectivity index (χ4v) is 3.56. The summed E-state index contributed by atoms with van der Waals surface area (Å²) in [4.78, 5) is 16.4. The molecule has 1 atom stereocenters. The Kier molecular flexibility index (Phi) is 7.18. The molecule has 168 valence electrons. The summed E-state index contributed by atoms with van der Waals surface area (Å²) < 4.78 is 16.8. The van der Waals surface area contributed by atoms with Crippen molar-refractivity contribution in [3.05, 3.63) is 53.3 Å². The van der Waals surface area contributed by atoms with Crippen LogP contribution in [0.25, 0.3) is 0 Å². The molecule has 7 heteroatoms. The number of rotatable bonds is 6. The van der Waals surface area contributed by atoms with E-state index in [9.17, 15) is 9.90 Å². The van der Waals surface area contributed by atoms with Crippen LogP contribution < -0.4 is 10.1 Å². The molecule has 3 rings (SSSR count). The van der Waals surface area contributed by atoms with E-state index in [2.05, 4.69) is 62.3 Å². The maximum Gasteiger partial charge on any atom is 0.274 e. The van der Waals surface area contributed by atoms with Gasteiger partial charge in [-0.2, -0.15) is 0 Å². The summed E-state index contributed by atoms with van der Waals surface area (Å²) in [5.74, 6) is -0.426. The second-order valence-electron chi connectivity index (χ2n) is 9.04. The zero-order valence-corrected chi connectivity index (χ0v) is 18.8. The highest BCUT2D eigenvalue weighted by Crippen LogP contribution is 2.28. The number of carbonyl (C=O) groups is 1. The Balaban J connectivity index is 1.50. The molecule has 31 heavy (non-hydrogen) atoms. The number of nitrogens with zero attached hydrogens (tertiary/aromatic N) is 1. The molecule has 0 radical (unpaired) electrons. The lowest BCUT2D eigenvalue weighted by Crippen LogP contribution is -2.48. The minimum Gasteiger partial charge on any atom is -0.503 e. The van der Waals surface area contributed by atoms with Gasteiger partial charge in [-0.05, 0) is 23.0 Å². The summed E-state index contributed by atoms with van der Waals surface area (Å²) in [6.07, 6.45) is 1.92. The van der Waals surface area contributed by atoms with Crippen LogP contribution in [0.5, 0.6) is 11.5 Å². The second kappa shape index (κ2) is 9.66. The maximum atomic E-state index is 12.5. The molecule has 1 fully saturated rings. The van der Waals surface area contributed by atoms with E-state index >= 15 is 0 Å². The van der Waals surface area contributed by atoms with Crippen LogP contribution in [0.1, 0.15) is 49.3 Å². The highest BCUT2D eigenvalue weighted by molar-refractivity contribution is 5.95. The number of hydrogen-bond acceptors (Lipinski definition) is 6. The lowest BCUT2D eigenvalue weighted by Gasteiger charge is -2.33. The van der Waals surface area contributed by atoms with Crippen molar-refractivity contribution in [3.63, 3.8) is 0 Å². The van der Waals surface area contributed by atoms with E-state index < -0.39 is 5.91 Å². The summed E-state index contributed by atoms with van der Waals surface area (Å²) in [5, 5.41) is 12.9. The summed E-state index contributed by atoms with van der Waals surface area (Å²) >= 11 is 0. The number of aromatic hydroxyl groups is 1. The first-order valence-corrected chi connectivity index (χ1v) is 10.5. The van der Waals surface area contributed by atoms with Crippen molar-refractivity contribution < 1.29 is 24.1 Å². The molecule has 2 aromatic rings. The fourth-order valence-electron chi connectivity index (χ4n) is 3.56. The Hall–Kier alpha value is -2.64. The number of ether oxygens (including phenoxy) is 3. The fraction of sp³-hybridized carbons (Fsp3) is 0.500. The first-order valence-electron chi connectivity index (χ1n) is 10.5. The molecule has 0 saturated carbocycles. The van der Waals surface area contributed by atoms with Gasteiger partial charge in [0.2, 0.25) is 0 Å². The van der Waals surface area contributed by atoms with Crippen LogP contribution in [0.2, 0.25) is 0 Å². The molecule has 1 amide bonds. The monoisotopic (exact) mass is 428 g/mol. The van der Waals surface area contributed by atoms with Gasteiger partial charge < -0.3 is 24.6 Å². The number of methoxy groups -OCH3 is 1. The third-order valence-corrected chi connectivity index (χ3v) is 5.42. The number of benzene rings is 1. The minimum absolute atomic E-state index is 0.0893. The molecule has 1 aliphatic rings. The zero-order chi connectivity index (χ0) is 22.6. The Morgan fingerprint density at radius 1 is 1.23 bits per heavy atom. The Morgan fingerprint density at radius 2 is 1.87 bits per heavy atom. The minimum atomic E-state index is -0.501. The molecular formula is C24H32N2O5. The van der Waals surface area contributed by atoms with Gasteiger partial charge in [-0.25, -0.2) is 4.98 Å². The SMILES string of the molecule is COc1ccnc(C(=O)N[C@H]2CO[C@H](C(C)Cc3ccc(C(C)(C)C)cc3)OC2)c1O. The van der Waals surface area contributed by atoms with Gasteiger partial charge in [-0.15, -0.1) is 0 Å². The van der Waals surface area contributed by atoms with E-state index in [1.807, 2.05) is 0 Å². The number of aromatic nitrogens is 1. The first-order chi connectivity index (χ1) is 14.7. The van der Waals surface area contributed by atoms with E-state index in [1.54, 1.807) is 0 Å². The lowest BCUT2D eigenvalue weighted by molar-refractivity contribution is -0.210. The summed E-state index contributed by atoms with van der Waals surface area (Å²) in [6, 6.07) is 9.85. The van der Waals surface area contributed by atoms with Crippen LogP contribution in [-0.2, 0) is 21.3 Å². The van der Waals surface area contributed by atoms with Gasteiger partial charge in [0, 0.05) is 18.2 Å². The predicted molar refractivity (Wildman–Crippen MR) is 117 cm³/mol. The van der Waals surface area contributed by atoms with Gasteiger partial charge in [-0.3, -0.25) is 4.79 Å². The molecule has 1 unspecified atom stereocenters. The number of carbonyl (C=O) groups excluding carboxylic acids is 1. The van der Waals surface area contributed by atoms with E-state index in [1.165, 1.54) is 30.5 Å². The third kappa shape index (κ3) is 5.74. The van der Waals surface area contributed by atoms with Gasteiger partial charge in [0.1, 0.15) is 0 Å². The van der Waals surface area contributed by atoms with Gasteiger partial charge in [0.15, 0.2) is 23.5 Å². The number of hydrogen-bond donors (Lipinski definition) is 2. The number of nitrogens with one attached hydrogen (secondary N) is 1. The Morgan fingerprint density at radius 3 is 2.45 bits per heavy atom. The zero-order valence-electron chi connectivity index (χ0n) is 18.8. The molecule has 0 aliphatic carbocycles. The van der Waals surface area contributed by atoms with E-state index in [4.69, 9.17) is 14.2 Å². The predicted octanol–water partition coefficient (Wildman–Crippen LogP) is 3.44. The highest BCUT2D eigenvalue weighted by Gasteiger charge is 2.29. The first kappa shape index (κ1) is 23.0. The lowest BCUT2D eigenvalue weighted by atomic mass is 9.86. The van der Waals surface area contributed by atoms with E-state index in [0.717, 1.165) is 6.42 Å². The molecule has 1 aromatic carbocycles. The molecule has 0 bridgehead atoms. The van der Waals surface area contributed by atoms with Crippen molar-refractivity contribution >= 4 is 5.91 Å². The molecule has 2 N–H and O–H groups in total. The normalized spacial score (nSPS) is 20.2. The smallest absolute Gasteiger partial charge is 0.274 e. The highest BCUT2D eigenvalue weighted by atomic mass is 16.7. The quantitative estimate of drug-likeness (QED) is 0.733. The Bertz CT molecular complexity index is 884. The molecule has 1 aliphatic heterocycles. The third-order valence-electron chi connectivity index (χ3n) is 5.42.